The molecule has 2 aromatic rings. The Hall–Kier alpha value is -3.23. The van der Waals surface area contributed by atoms with Gasteiger partial charge in [-0.1, -0.05) is 36.4 Å². The maximum Gasteiger partial charge on any atom is 0.422 e. The number of anilines is 1. The van der Waals surface area contributed by atoms with Crippen LogP contribution in [0, 0.1) is 0 Å². The van der Waals surface area contributed by atoms with Crippen LogP contribution in [0.3, 0.4) is 0 Å². The third kappa shape index (κ3) is 7.79. The third-order valence-electron chi connectivity index (χ3n) is 5.12. The van der Waals surface area contributed by atoms with Crippen LogP contribution in [0.1, 0.15) is 24.8 Å². The molecule has 0 bridgehead atoms. The smallest absolute Gasteiger partial charge is 0.422 e. The van der Waals surface area contributed by atoms with Gasteiger partial charge in [0.25, 0.3) is 0 Å². The summed E-state index contributed by atoms with van der Waals surface area (Å²) < 4.78 is 41.6. The number of halogens is 3. The quantitative estimate of drug-likeness (QED) is 0.659. The highest BCUT2D eigenvalue weighted by atomic mass is 19.4. The second-order valence-electron chi connectivity index (χ2n) is 7.68. The summed E-state index contributed by atoms with van der Waals surface area (Å²) in [6.07, 6.45) is -2.06. The van der Waals surface area contributed by atoms with Crippen LogP contribution in [0.5, 0.6) is 5.75 Å². The Balaban J connectivity index is 1.40. The number of urea groups is 1. The first-order chi connectivity index (χ1) is 15.3. The van der Waals surface area contributed by atoms with Gasteiger partial charge in [-0.2, -0.15) is 13.2 Å². The van der Waals surface area contributed by atoms with Gasteiger partial charge in [0.15, 0.2) is 6.61 Å². The van der Waals surface area contributed by atoms with Gasteiger partial charge < -0.3 is 20.3 Å². The van der Waals surface area contributed by atoms with Crippen LogP contribution < -0.4 is 15.4 Å². The zero-order chi connectivity index (χ0) is 23.0. The molecule has 0 saturated carbocycles. The molecule has 1 aliphatic rings. The van der Waals surface area contributed by atoms with Gasteiger partial charge in [0.05, 0.1) is 0 Å². The number of alkyl halides is 3. The molecule has 3 amide bonds. The van der Waals surface area contributed by atoms with Crippen molar-refractivity contribution in [2.45, 2.75) is 37.9 Å². The molecule has 0 atom stereocenters. The Morgan fingerprint density at radius 3 is 2.44 bits per heavy atom. The van der Waals surface area contributed by atoms with Crippen molar-refractivity contribution in [3.8, 4) is 5.75 Å². The lowest BCUT2D eigenvalue weighted by atomic mass is 10.0. The molecule has 0 aliphatic carbocycles. The first-order valence-electron chi connectivity index (χ1n) is 10.5. The van der Waals surface area contributed by atoms with Crippen molar-refractivity contribution >= 4 is 17.6 Å². The maximum atomic E-state index is 12.5. The van der Waals surface area contributed by atoms with E-state index in [-0.39, 0.29) is 23.7 Å². The van der Waals surface area contributed by atoms with Crippen molar-refractivity contribution in [3.63, 3.8) is 0 Å². The lowest BCUT2D eigenvalue weighted by molar-refractivity contribution is -0.153. The van der Waals surface area contributed by atoms with E-state index < -0.39 is 12.8 Å². The minimum atomic E-state index is -4.43. The SMILES string of the molecule is O=C(CCc1ccccc1)NC1CCN(C(=O)Nc2cccc(OCC(F)(F)F)c2)CC1. The molecule has 2 N–H and O–H groups in total. The maximum absolute atomic E-state index is 12.5. The molecular weight excluding hydrogens is 423 g/mol. The predicted octanol–water partition coefficient (Wildman–Crippen LogP) is 4.37. The normalized spacial score (nSPS) is 14.7. The summed E-state index contributed by atoms with van der Waals surface area (Å²) in [5.74, 6) is 0.0180. The molecule has 32 heavy (non-hydrogen) atoms. The molecule has 2 aromatic carbocycles. The number of amides is 3. The van der Waals surface area contributed by atoms with Gasteiger partial charge in [-0.25, -0.2) is 4.79 Å². The van der Waals surface area contributed by atoms with E-state index in [1.807, 2.05) is 30.3 Å². The monoisotopic (exact) mass is 449 g/mol. The van der Waals surface area contributed by atoms with Gasteiger partial charge in [-0.05, 0) is 37.0 Å². The first kappa shape index (κ1) is 23.4. The molecule has 0 radical (unpaired) electrons. The van der Waals surface area contributed by atoms with Gasteiger partial charge in [-0.3, -0.25) is 4.79 Å². The second-order valence-corrected chi connectivity index (χ2v) is 7.68. The van der Waals surface area contributed by atoms with Crippen molar-refractivity contribution in [1.82, 2.24) is 10.2 Å². The average molecular weight is 449 g/mol. The van der Waals surface area contributed by atoms with Crippen LogP contribution in [0.15, 0.2) is 54.6 Å². The van der Waals surface area contributed by atoms with Crippen molar-refractivity contribution in [2.75, 3.05) is 25.0 Å². The number of hydrogen-bond donors (Lipinski definition) is 2. The van der Waals surface area contributed by atoms with Crippen LogP contribution in [-0.2, 0) is 11.2 Å². The van der Waals surface area contributed by atoms with E-state index in [2.05, 4.69) is 10.6 Å². The van der Waals surface area contributed by atoms with Gasteiger partial charge in [0.2, 0.25) is 5.91 Å². The summed E-state index contributed by atoms with van der Waals surface area (Å²) in [7, 11) is 0. The van der Waals surface area contributed by atoms with Crippen molar-refractivity contribution < 1.29 is 27.5 Å². The predicted molar refractivity (Wildman–Crippen MR) is 115 cm³/mol. The van der Waals surface area contributed by atoms with Gasteiger partial charge in [-0.15, -0.1) is 0 Å². The summed E-state index contributed by atoms with van der Waals surface area (Å²) in [5, 5.41) is 5.71. The minimum absolute atomic E-state index is 0.00701. The molecule has 0 aromatic heterocycles. The number of carbonyl (C=O) groups is 2. The van der Waals surface area contributed by atoms with E-state index in [1.165, 1.54) is 18.2 Å². The molecule has 6 nitrogen and oxygen atoms in total. The summed E-state index contributed by atoms with van der Waals surface area (Å²) in [5.41, 5.74) is 1.47. The molecule has 1 heterocycles. The number of nitrogens with one attached hydrogen (secondary N) is 2. The summed E-state index contributed by atoms with van der Waals surface area (Å²) in [6, 6.07) is 15.3. The molecule has 172 valence electrons. The van der Waals surface area contributed by atoms with Crippen LogP contribution in [0.2, 0.25) is 0 Å². The summed E-state index contributed by atoms with van der Waals surface area (Å²) >= 11 is 0. The van der Waals surface area contributed by atoms with Crippen LogP contribution in [-0.4, -0.2) is 48.8 Å². The Morgan fingerprint density at radius 1 is 1.03 bits per heavy atom. The second kappa shape index (κ2) is 10.9. The standard InChI is InChI=1S/C23H26F3N3O3/c24-23(25,26)16-32-20-8-4-7-19(15-20)28-22(31)29-13-11-18(12-14-29)27-21(30)10-9-17-5-2-1-3-6-17/h1-8,15,18H,9-14,16H2,(H,27,30)(H,28,31). The van der Waals surface area contributed by atoms with Crippen LogP contribution in [0.4, 0.5) is 23.7 Å². The largest absolute Gasteiger partial charge is 0.484 e. The number of carbonyl (C=O) groups excluding carboxylic acids is 2. The number of ether oxygens (including phenoxy) is 1. The van der Waals surface area contributed by atoms with E-state index >= 15 is 0 Å². The molecule has 1 fully saturated rings. The number of likely N-dealkylation sites (tertiary alicyclic amines) is 1. The van der Waals surface area contributed by atoms with Crippen LogP contribution in [0.25, 0.3) is 0 Å². The molecule has 1 aliphatic heterocycles. The lowest BCUT2D eigenvalue weighted by Crippen LogP contribution is -2.47. The van der Waals surface area contributed by atoms with E-state index in [0.29, 0.717) is 44.5 Å². The van der Waals surface area contributed by atoms with E-state index in [1.54, 1.807) is 11.0 Å². The average Bonchev–Trinajstić information content (AvgIpc) is 2.77. The number of aryl methyl sites for hydroxylation is 1. The number of nitrogens with zero attached hydrogens (tertiary/aromatic N) is 1. The van der Waals surface area contributed by atoms with Gasteiger partial charge in [0, 0.05) is 37.3 Å². The van der Waals surface area contributed by atoms with E-state index in [4.69, 9.17) is 4.74 Å². The zero-order valence-electron chi connectivity index (χ0n) is 17.5. The Labute approximate surface area is 184 Å². The van der Waals surface area contributed by atoms with Gasteiger partial charge in [0.1, 0.15) is 5.75 Å². The first-order valence-corrected chi connectivity index (χ1v) is 10.5. The van der Waals surface area contributed by atoms with E-state index in [0.717, 1.165) is 5.56 Å². The van der Waals surface area contributed by atoms with Crippen molar-refractivity contribution in [2.24, 2.45) is 0 Å². The minimum Gasteiger partial charge on any atom is -0.484 e. The highest BCUT2D eigenvalue weighted by molar-refractivity contribution is 5.89. The molecule has 0 unspecified atom stereocenters. The molecule has 0 spiro atoms. The Kier molecular flexibility index (Phi) is 7.97. The van der Waals surface area contributed by atoms with Crippen molar-refractivity contribution in [1.29, 1.82) is 0 Å². The fourth-order valence-corrected chi connectivity index (χ4v) is 3.46. The zero-order valence-corrected chi connectivity index (χ0v) is 17.5. The topological polar surface area (TPSA) is 70.7 Å². The molecule has 9 heteroatoms. The molecular formula is C23H26F3N3O3. The number of benzene rings is 2. The van der Waals surface area contributed by atoms with Crippen molar-refractivity contribution in [3.05, 3.63) is 60.2 Å². The van der Waals surface area contributed by atoms with Crippen LogP contribution >= 0.6 is 0 Å². The molecule has 3 rings (SSSR count). The van der Waals surface area contributed by atoms with E-state index in [9.17, 15) is 22.8 Å². The Morgan fingerprint density at radius 2 is 1.75 bits per heavy atom. The summed E-state index contributed by atoms with van der Waals surface area (Å²) in [6.45, 7) is -0.450. The lowest BCUT2D eigenvalue weighted by Gasteiger charge is -2.32. The molecule has 1 saturated heterocycles. The fourth-order valence-electron chi connectivity index (χ4n) is 3.46. The third-order valence-corrected chi connectivity index (χ3v) is 5.12. The number of piperidine rings is 1. The Bertz CT molecular complexity index is 898. The highest BCUT2D eigenvalue weighted by Crippen LogP contribution is 2.22. The highest BCUT2D eigenvalue weighted by Gasteiger charge is 2.28. The fraction of sp³-hybridized carbons (Fsp3) is 0.391. The van der Waals surface area contributed by atoms with Gasteiger partial charge >= 0.3 is 12.2 Å². The number of rotatable bonds is 7. The number of hydrogen-bond acceptors (Lipinski definition) is 3. The summed E-state index contributed by atoms with van der Waals surface area (Å²) in [4.78, 5) is 26.3.